The standard InChI is InChI=1S/C22H29NO4/c1-4-9-17(3)23-22(24)18-12-13-20(21(16-18)25-5-2)27-15-14-26-19-10-7-6-8-11-19/h6-8,10-13,16-17H,4-5,9,14-15H2,1-3H3,(H,23,24). The lowest BCUT2D eigenvalue weighted by Gasteiger charge is -2.16. The van der Waals surface area contributed by atoms with Crippen LogP contribution < -0.4 is 19.5 Å². The molecule has 0 heterocycles. The minimum Gasteiger partial charge on any atom is -0.490 e. The first-order valence-corrected chi connectivity index (χ1v) is 9.52. The van der Waals surface area contributed by atoms with Gasteiger partial charge in [-0.05, 0) is 50.6 Å². The fraction of sp³-hybridized carbons (Fsp3) is 0.409. The third-order valence-corrected chi connectivity index (χ3v) is 3.96. The van der Waals surface area contributed by atoms with Crippen molar-refractivity contribution in [1.82, 2.24) is 5.32 Å². The fourth-order valence-electron chi connectivity index (χ4n) is 2.68. The SMILES string of the molecule is CCCC(C)NC(=O)c1ccc(OCCOc2ccccc2)c(OCC)c1. The summed E-state index contributed by atoms with van der Waals surface area (Å²) in [5.41, 5.74) is 0.564. The number of hydrogen-bond donors (Lipinski definition) is 1. The van der Waals surface area contributed by atoms with E-state index in [-0.39, 0.29) is 11.9 Å². The van der Waals surface area contributed by atoms with Gasteiger partial charge in [0.15, 0.2) is 11.5 Å². The number of carbonyl (C=O) groups is 1. The van der Waals surface area contributed by atoms with Gasteiger partial charge in [-0.15, -0.1) is 0 Å². The lowest BCUT2D eigenvalue weighted by Crippen LogP contribution is -2.32. The quantitative estimate of drug-likeness (QED) is 0.593. The van der Waals surface area contributed by atoms with Crippen LogP contribution in [-0.4, -0.2) is 31.8 Å². The maximum atomic E-state index is 12.4. The third-order valence-electron chi connectivity index (χ3n) is 3.96. The van der Waals surface area contributed by atoms with Crippen LogP contribution >= 0.6 is 0 Å². The van der Waals surface area contributed by atoms with Crippen LogP contribution in [0, 0.1) is 0 Å². The van der Waals surface area contributed by atoms with Crippen LogP contribution in [0.2, 0.25) is 0 Å². The van der Waals surface area contributed by atoms with Gasteiger partial charge < -0.3 is 19.5 Å². The molecule has 0 spiro atoms. The number of nitrogens with one attached hydrogen (secondary N) is 1. The predicted molar refractivity (Wildman–Crippen MR) is 107 cm³/mol. The van der Waals surface area contributed by atoms with Crippen molar-refractivity contribution < 1.29 is 19.0 Å². The molecule has 0 aromatic heterocycles. The number of para-hydroxylation sites is 1. The average Bonchev–Trinajstić information content (AvgIpc) is 2.67. The van der Waals surface area contributed by atoms with Crippen molar-refractivity contribution in [3.05, 3.63) is 54.1 Å². The summed E-state index contributed by atoms with van der Waals surface area (Å²) < 4.78 is 17.1. The first-order valence-electron chi connectivity index (χ1n) is 9.52. The molecule has 146 valence electrons. The number of benzene rings is 2. The van der Waals surface area contributed by atoms with Crippen LogP contribution in [0.4, 0.5) is 0 Å². The maximum absolute atomic E-state index is 12.4. The number of amides is 1. The Hall–Kier alpha value is -2.69. The molecule has 0 fully saturated rings. The van der Waals surface area contributed by atoms with Gasteiger partial charge in [0.25, 0.3) is 5.91 Å². The molecule has 0 aliphatic heterocycles. The lowest BCUT2D eigenvalue weighted by atomic mass is 10.1. The molecule has 1 N–H and O–H groups in total. The Kier molecular flexibility index (Phi) is 8.49. The molecule has 1 atom stereocenters. The molecule has 27 heavy (non-hydrogen) atoms. The fourth-order valence-corrected chi connectivity index (χ4v) is 2.68. The summed E-state index contributed by atoms with van der Waals surface area (Å²) in [4.78, 5) is 12.4. The van der Waals surface area contributed by atoms with E-state index in [1.165, 1.54) is 0 Å². The lowest BCUT2D eigenvalue weighted by molar-refractivity contribution is 0.0937. The summed E-state index contributed by atoms with van der Waals surface area (Å²) in [6.45, 7) is 7.31. The molecule has 0 saturated carbocycles. The minimum absolute atomic E-state index is 0.101. The molecule has 2 rings (SSSR count). The van der Waals surface area contributed by atoms with Gasteiger partial charge in [0.1, 0.15) is 19.0 Å². The number of ether oxygens (including phenoxy) is 3. The highest BCUT2D eigenvalue weighted by atomic mass is 16.5. The molecule has 0 aliphatic carbocycles. The van der Waals surface area contributed by atoms with Gasteiger partial charge in [-0.25, -0.2) is 0 Å². The second-order valence-corrected chi connectivity index (χ2v) is 6.27. The van der Waals surface area contributed by atoms with Crippen LogP contribution in [0.25, 0.3) is 0 Å². The van der Waals surface area contributed by atoms with Crippen molar-refractivity contribution in [1.29, 1.82) is 0 Å². The van der Waals surface area contributed by atoms with Gasteiger partial charge in [0.2, 0.25) is 0 Å². The Labute approximate surface area is 161 Å². The summed E-state index contributed by atoms with van der Waals surface area (Å²) in [5.74, 6) is 1.87. The zero-order valence-corrected chi connectivity index (χ0v) is 16.4. The van der Waals surface area contributed by atoms with E-state index in [9.17, 15) is 4.79 Å². The predicted octanol–water partition coefficient (Wildman–Crippen LogP) is 4.46. The van der Waals surface area contributed by atoms with E-state index in [1.807, 2.05) is 44.2 Å². The highest BCUT2D eigenvalue weighted by molar-refractivity contribution is 5.95. The average molecular weight is 371 g/mol. The van der Waals surface area contributed by atoms with Crippen molar-refractivity contribution in [2.75, 3.05) is 19.8 Å². The highest BCUT2D eigenvalue weighted by Crippen LogP contribution is 2.28. The zero-order chi connectivity index (χ0) is 19.5. The number of rotatable bonds is 11. The van der Waals surface area contributed by atoms with Gasteiger partial charge in [0.05, 0.1) is 6.61 Å². The molecule has 1 unspecified atom stereocenters. The zero-order valence-electron chi connectivity index (χ0n) is 16.4. The maximum Gasteiger partial charge on any atom is 0.251 e. The molecule has 0 aliphatic rings. The van der Waals surface area contributed by atoms with E-state index in [0.29, 0.717) is 36.9 Å². The highest BCUT2D eigenvalue weighted by Gasteiger charge is 2.13. The van der Waals surface area contributed by atoms with E-state index in [0.717, 1.165) is 18.6 Å². The first-order chi connectivity index (χ1) is 13.1. The van der Waals surface area contributed by atoms with E-state index in [4.69, 9.17) is 14.2 Å². The van der Waals surface area contributed by atoms with Crippen LogP contribution in [0.3, 0.4) is 0 Å². The summed E-state index contributed by atoms with van der Waals surface area (Å²) in [7, 11) is 0. The van der Waals surface area contributed by atoms with Gasteiger partial charge in [-0.2, -0.15) is 0 Å². The molecule has 5 heteroatoms. The topological polar surface area (TPSA) is 56.8 Å². The summed E-state index contributed by atoms with van der Waals surface area (Å²) >= 11 is 0. The molecular formula is C22H29NO4. The second kappa shape index (κ2) is 11.1. The Balaban J connectivity index is 1.94. The van der Waals surface area contributed by atoms with E-state index in [2.05, 4.69) is 12.2 Å². The smallest absolute Gasteiger partial charge is 0.251 e. The normalized spacial score (nSPS) is 11.5. The summed E-state index contributed by atoms with van der Waals surface area (Å²) in [5, 5.41) is 3.00. The Bertz CT molecular complexity index is 703. The Morgan fingerprint density at radius 1 is 0.963 bits per heavy atom. The van der Waals surface area contributed by atoms with Crippen LogP contribution in [0.15, 0.2) is 48.5 Å². The molecule has 1 amide bonds. The molecule has 2 aromatic carbocycles. The third kappa shape index (κ3) is 6.85. The van der Waals surface area contributed by atoms with Gasteiger partial charge in [-0.3, -0.25) is 4.79 Å². The van der Waals surface area contributed by atoms with Crippen molar-refractivity contribution >= 4 is 5.91 Å². The minimum atomic E-state index is -0.101. The van der Waals surface area contributed by atoms with Crippen molar-refractivity contribution in [3.63, 3.8) is 0 Å². The summed E-state index contributed by atoms with van der Waals surface area (Å²) in [6, 6.07) is 15.0. The van der Waals surface area contributed by atoms with Crippen LogP contribution in [0.1, 0.15) is 44.0 Å². The Morgan fingerprint density at radius 3 is 2.41 bits per heavy atom. The van der Waals surface area contributed by atoms with Crippen LogP contribution in [-0.2, 0) is 0 Å². The van der Waals surface area contributed by atoms with Crippen molar-refractivity contribution in [2.24, 2.45) is 0 Å². The van der Waals surface area contributed by atoms with Gasteiger partial charge in [0, 0.05) is 11.6 Å². The van der Waals surface area contributed by atoms with Crippen molar-refractivity contribution in [3.8, 4) is 17.2 Å². The monoisotopic (exact) mass is 371 g/mol. The molecule has 0 bridgehead atoms. The van der Waals surface area contributed by atoms with Crippen molar-refractivity contribution in [2.45, 2.75) is 39.7 Å². The van der Waals surface area contributed by atoms with Gasteiger partial charge in [-0.1, -0.05) is 31.5 Å². The van der Waals surface area contributed by atoms with E-state index >= 15 is 0 Å². The Morgan fingerprint density at radius 2 is 1.70 bits per heavy atom. The molecule has 5 nitrogen and oxygen atoms in total. The molecule has 0 radical (unpaired) electrons. The molecule has 0 saturated heterocycles. The molecular weight excluding hydrogens is 342 g/mol. The van der Waals surface area contributed by atoms with Gasteiger partial charge >= 0.3 is 0 Å². The van der Waals surface area contributed by atoms with Crippen LogP contribution in [0.5, 0.6) is 17.2 Å². The van der Waals surface area contributed by atoms with E-state index in [1.54, 1.807) is 18.2 Å². The number of hydrogen-bond acceptors (Lipinski definition) is 4. The number of carbonyl (C=O) groups excluding carboxylic acids is 1. The first kappa shape index (κ1) is 20.6. The summed E-state index contributed by atoms with van der Waals surface area (Å²) in [6.07, 6.45) is 1.98. The van der Waals surface area contributed by atoms with E-state index < -0.39 is 0 Å². The molecule has 2 aromatic rings. The second-order valence-electron chi connectivity index (χ2n) is 6.27. The largest absolute Gasteiger partial charge is 0.490 e.